The van der Waals surface area contributed by atoms with E-state index in [4.69, 9.17) is 17.9 Å². The summed E-state index contributed by atoms with van der Waals surface area (Å²) in [6.45, 7) is 2.46. The summed E-state index contributed by atoms with van der Waals surface area (Å²) >= 11 is 0. The van der Waals surface area contributed by atoms with Crippen LogP contribution in [0.1, 0.15) is 13.3 Å². The second kappa shape index (κ2) is 9.73. The van der Waals surface area contributed by atoms with Gasteiger partial charge < -0.3 is 18.5 Å². The van der Waals surface area contributed by atoms with Gasteiger partial charge in [-0.1, -0.05) is 43.3 Å². The molecule has 0 fully saturated rings. The van der Waals surface area contributed by atoms with E-state index in [0.29, 0.717) is 18.1 Å². The second-order valence-electron chi connectivity index (χ2n) is 4.18. The molecule has 0 aromatic heterocycles. The van der Waals surface area contributed by atoms with Crippen LogP contribution in [0.3, 0.4) is 0 Å². The summed E-state index contributed by atoms with van der Waals surface area (Å²) in [6.07, 6.45) is 0.823. The lowest BCUT2D eigenvalue weighted by Crippen LogP contribution is -1.98. The summed E-state index contributed by atoms with van der Waals surface area (Å²) in [7, 11) is -3.85. The molecule has 0 heterocycles. The monoisotopic (exact) mass is 340 g/mol. The third-order valence-electron chi connectivity index (χ3n) is 2.39. The van der Waals surface area contributed by atoms with E-state index in [0.717, 1.165) is 6.42 Å². The Morgan fingerprint density at radius 3 is 1.95 bits per heavy atom. The van der Waals surface area contributed by atoms with Crippen LogP contribution in [0.4, 0.5) is 0 Å². The highest BCUT2D eigenvalue weighted by Gasteiger charge is 2.23. The van der Waals surface area contributed by atoms with E-state index in [9.17, 15) is 4.89 Å². The average Bonchev–Trinajstić information content (AvgIpc) is 2.54. The van der Waals surface area contributed by atoms with E-state index in [1.54, 1.807) is 24.3 Å². The van der Waals surface area contributed by atoms with Gasteiger partial charge in [-0.25, -0.2) is 4.31 Å². The molecule has 0 aliphatic heterocycles. The zero-order valence-corrected chi connectivity index (χ0v) is 14.0. The van der Waals surface area contributed by atoms with Gasteiger partial charge >= 0.3 is 17.2 Å². The van der Waals surface area contributed by atoms with Gasteiger partial charge in [0.2, 0.25) is 0 Å². The smallest absolute Gasteiger partial charge is 0.405 e. The molecule has 0 radical (unpaired) electrons. The molecule has 2 unspecified atom stereocenters. The van der Waals surface area contributed by atoms with Gasteiger partial charge in [0.05, 0.1) is 6.61 Å². The van der Waals surface area contributed by atoms with Crippen molar-refractivity contribution in [1.82, 2.24) is 0 Å². The van der Waals surface area contributed by atoms with Crippen LogP contribution in [0.5, 0.6) is 11.5 Å². The fraction of sp³-hybridized carbons (Fsp3) is 0.200. The second-order valence-corrected chi connectivity index (χ2v) is 6.38. The van der Waals surface area contributed by atoms with Gasteiger partial charge in [0.1, 0.15) is 11.5 Å². The topological polar surface area (TPSA) is 57.2 Å². The van der Waals surface area contributed by atoms with Gasteiger partial charge in [-0.3, -0.25) is 0 Å². The van der Waals surface area contributed by atoms with Crippen molar-refractivity contribution in [2.75, 3.05) is 6.61 Å². The number of hydrogen-bond donors (Lipinski definition) is 1. The molecule has 7 heteroatoms. The van der Waals surface area contributed by atoms with E-state index >= 15 is 0 Å². The van der Waals surface area contributed by atoms with Crippen molar-refractivity contribution in [2.45, 2.75) is 13.3 Å². The highest BCUT2D eigenvalue weighted by Crippen LogP contribution is 2.52. The Labute approximate surface area is 132 Å². The molecule has 118 valence electrons. The van der Waals surface area contributed by atoms with Gasteiger partial charge in [-0.05, 0) is 30.7 Å². The predicted molar refractivity (Wildman–Crippen MR) is 87.5 cm³/mol. The van der Waals surface area contributed by atoms with Crippen LogP contribution >= 0.6 is 17.2 Å². The summed E-state index contributed by atoms with van der Waals surface area (Å²) in [5.41, 5.74) is 0. The Kier molecular flexibility index (Phi) is 7.58. The van der Waals surface area contributed by atoms with Crippen molar-refractivity contribution >= 4 is 17.2 Å². The first kappa shape index (κ1) is 17.1. The lowest BCUT2D eigenvalue weighted by atomic mass is 10.3. The maximum Gasteiger partial charge on any atom is 0.405 e. The van der Waals surface area contributed by atoms with Gasteiger partial charge in [0, 0.05) is 0 Å². The van der Waals surface area contributed by atoms with E-state index in [1.165, 1.54) is 0 Å². The lowest BCUT2D eigenvalue weighted by molar-refractivity contribution is 0.254. The Balaban J connectivity index is 1.90. The van der Waals surface area contributed by atoms with Gasteiger partial charge in [0.25, 0.3) is 0 Å². The fourth-order valence-corrected chi connectivity index (χ4v) is 3.34. The van der Waals surface area contributed by atoms with Crippen molar-refractivity contribution < 1.29 is 22.8 Å². The Morgan fingerprint density at radius 1 is 0.864 bits per heavy atom. The first-order valence-corrected chi connectivity index (χ1v) is 9.06. The highest BCUT2D eigenvalue weighted by molar-refractivity contribution is 7.55. The minimum absolute atomic E-state index is 0.479. The standard InChI is InChI=1S/C15H18O5P2/c1-2-13-17-22(19-15-11-7-4-8-12-15)20-21(16)18-14-9-5-3-6-10-14/h3-12,16H,2,13H2,1H3. The third-order valence-corrected chi connectivity index (χ3v) is 4.60. The average molecular weight is 340 g/mol. The molecule has 0 saturated carbocycles. The normalized spacial score (nSPS) is 13.4. The van der Waals surface area contributed by atoms with E-state index in [1.807, 2.05) is 43.3 Å². The molecule has 2 aromatic carbocycles. The van der Waals surface area contributed by atoms with Crippen LogP contribution < -0.4 is 9.05 Å². The molecule has 2 rings (SSSR count). The Bertz CT molecular complexity index is 526. The molecule has 2 atom stereocenters. The van der Waals surface area contributed by atoms with Gasteiger partial charge in [-0.2, -0.15) is 0 Å². The van der Waals surface area contributed by atoms with E-state index in [2.05, 4.69) is 0 Å². The molecular formula is C15H18O5P2. The molecular weight excluding hydrogens is 322 g/mol. The highest BCUT2D eigenvalue weighted by atomic mass is 31.2. The third kappa shape index (κ3) is 6.27. The number of hydrogen-bond acceptors (Lipinski definition) is 5. The Hall–Kier alpha value is -1.22. The van der Waals surface area contributed by atoms with E-state index in [-0.39, 0.29) is 0 Å². The van der Waals surface area contributed by atoms with Crippen molar-refractivity contribution in [3.8, 4) is 11.5 Å². The summed E-state index contributed by atoms with van der Waals surface area (Å²) < 4.78 is 21.8. The molecule has 0 aliphatic carbocycles. The first-order valence-electron chi connectivity index (χ1n) is 6.84. The predicted octanol–water partition coefficient (Wildman–Crippen LogP) is 5.03. The summed E-state index contributed by atoms with van der Waals surface area (Å²) in [4.78, 5) is 9.93. The largest absolute Gasteiger partial charge is 0.427 e. The fourth-order valence-electron chi connectivity index (χ4n) is 1.45. The minimum atomic E-state index is -2.13. The number of rotatable bonds is 9. The van der Waals surface area contributed by atoms with Crippen molar-refractivity contribution in [3.05, 3.63) is 60.7 Å². The summed E-state index contributed by atoms with van der Waals surface area (Å²) in [5, 5.41) is 0. The quantitative estimate of drug-likeness (QED) is 0.649. The molecule has 5 nitrogen and oxygen atoms in total. The summed E-state index contributed by atoms with van der Waals surface area (Å²) in [6, 6.07) is 18.2. The van der Waals surface area contributed by atoms with Crippen LogP contribution in [0.15, 0.2) is 60.7 Å². The van der Waals surface area contributed by atoms with E-state index < -0.39 is 17.2 Å². The van der Waals surface area contributed by atoms with Crippen molar-refractivity contribution in [1.29, 1.82) is 0 Å². The first-order chi connectivity index (χ1) is 10.8. The summed E-state index contributed by atoms with van der Waals surface area (Å²) in [5.74, 6) is 1.15. The SMILES string of the molecule is CCCOP(Oc1ccccc1)OP(O)Oc1ccccc1. The zero-order chi connectivity index (χ0) is 15.6. The molecule has 0 amide bonds. The van der Waals surface area contributed by atoms with Crippen molar-refractivity contribution in [3.63, 3.8) is 0 Å². The number of benzene rings is 2. The maximum atomic E-state index is 9.93. The van der Waals surface area contributed by atoms with Crippen LogP contribution in [0.25, 0.3) is 0 Å². The molecule has 2 aromatic rings. The zero-order valence-electron chi connectivity index (χ0n) is 12.2. The van der Waals surface area contributed by atoms with Gasteiger partial charge in [-0.15, -0.1) is 0 Å². The van der Waals surface area contributed by atoms with Crippen LogP contribution in [0.2, 0.25) is 0 Å². The van der Waals surface area contributed by atoms with Crippen LogP contribution in [0, 0.1) is 0 Å². The maximum absolute atomic E-state index is 9.93. The number of para-hydroxylation sites is 2. The Morgan fingerprint density at radius 2 is 1.41 bits per heavy atom. The molecule has 0 aliphatic rings. The lowest BCUT2D eigenvalue weighted by Gasteiger charge is -2.18. The van der Waals surface area contributed by atoms with Gasteiger partial charge in [0.15, 0.2) is 0 Å². The molecule has 0 spiro atoms. The molecule has 0 bridgehead atoms. The molecule has 1 N–H and O–H groups in total. The molecule has 0 saturated heterocycles. The molecule has 22 heavy (non-hydrogen) atoms. The van der Waals surface area contributed by atoms with Crippen molar-refractivity contribution in [2.24, 2.45) is 0 Å². The van der Waals surface area contributed by atoms with Crippen LogP contribution in [-0.4, -0.2) is 11.5 Å². The van der Waals surface area contributed by atoms with Crippen LogP contribution in [-0.2, 0) is 8.83 Å². The minimum Gasteiger partial charge on any atom is -0.427 e.